The van der Waals surface area contributed by atoms with Crippen LogP contribution >= 0.6 is 0 Å². The van der Waals surface area contributed by atoms with Gasteiger partial charge in [-0.05, 0) is 48.9 Å². The Hall–Kier alpha value is -1.12. The van der Waals surface area contributed by atoms with E-state index in [9.17, 15) is 21.6 Å². The van der Waals surface area contributed by atoms with Crippen LogP contribution in [0.25, 0.3) is 0 Å². The quantitative estimate of drug-likeness (QED) is 0.887. The Labute approximate surface area is 121 Å². The Balaban J connectivity index is 2.13. The summed E-state index contributed by atoms with van der Waals surface area (Å²) in [5, 5.41) is 8.84. The molecular formula is C13H16F3NO3S. The predicted molar refractivity (Wildman–Crippen MR) is 70.3 cm³/mol. The second-order valence-corrected chi connectivity index (χ2v) is 6.81. The van der Waals surface area contributed by atoms with Gasteiger partial charge in [0.25, 0.3) is 0 Å². The number of nitrogens with one attached hydrogen (secondary N) is 1. The van der Waals surface area contributed by atoms with Gasteiger partial charge in [-0.3, -0.25) is 0 Å². The number of benzene rings is 1. The molecule has 1 aliphatic carbocycles. The zero-order valence-corrected chi connectivity index (χ0v) is 12.0. The highest BCUT2D eigenvalue weighted by atomic mass is 32.2. The predicted octanol–water partition coefficient (Wildman–Crippen LogP) is 1.77. The summed E-state index contributed by atoms with van der Waals surface area (Å²) in [4.78, 5) is -0.0717. The van der Waals surface area contributed by atoms with Crippen LogP contribution in [0.3, 0.4) is 0 Å². The van der Waals surface area contributed by atoms with Crippen molar-refractivity contribution in [2.24, 2.45) is 0 Å². The number of rotatable bonds is 4. The van der Waals surface area contributed by atoms with E-state index in [-0.39, 0.29) is 4.90 Å². The second kappa shape index (κ2) is 5.94. The fraction of sp³-hybridized carbons (Fsp3) is 0.538. The van der Waals surface area contributed by atoms with Gasteiger partial charge in [0.1, 0.15) is 0 Å². The number of hydrogen-bond donors (Lipinski definition) is 2. The molecule has 8 heteroatoms. The monoisotopic (exact) mass is 323 g/mol. The van der Waals surface area contributed by atoms with Crippen LogP contribution < -0.4 is 4.72 Å². The fourth-order valence-electron chi connectivity index (χ4n) is 2.26. The highest BCUT2D eigenvalue weighted by Crippen LogP contribution is 2.24. The van der Waals surface area contributed by atoms with Crippen LogP contribution in [0.2, 0.25) is 0 Å². The molecule has 0 amide bonds. The van der Waals surface area contributed by atoms with Gasteiger partial charge in [0.15, 0.2) is 6.10 Å². The summed E-state index contributed by atoms with van der Waals surface area (Å²) in [6.45, 7) is -1.09. The molecule has 0 aromatic heterocycles. The van der Waals surface area contributed by atoms with E-state index in [0.717, 1.165) is 36.8 Å². The largest absolute Gasteiger partial charge is 0.415 e. The van der Waals surface area contributed by atoms with E-state index in [2.05, 4.69) is 0 Å². The van der Waals surface area contributed by atoms with Crippen LogP contribution in [-0.2, 0) is 22.9 Å². The molecule has 1 unspecified atom stereocenters. The van der Waals surface area contributed by atoms with E-state index in [1.54, 1.807) is 10.8 Å². The number of alkyl halides is 3. The van der Waals surface area contributed by atoms with Crippen molar-refractivity contribution in [2.45, 2.75) is 42.9 Å². The van der Waals surface area contributed by atoms with Crippen molar-refractivity contribution < 1.29 is 26.7 Å². The summed E-state index contributed by atoms with van der Waals surface area (Å²) < 4.78 is 62.2. The molecule has 1 aromatic carbocycles. The first kappa shape index (κ1) is 16.3. The molecule has 0 spiro atoms. The standard InChI is InChI=1S/C13H16F3NO3S/c14-13(15,16)12(18)8-17-21(19,20)11-6-5-9-3-1-2-4-10(9)7-11/h5-7,12,17-18H,1-4,8H2. The van der Waals surface area contributed by atoms with E-state index in [1.807, 2.05) is 0 Å². The van der Waals surface area contributed by atoms with Crippen LogP contribution in [0, 0.1) is 0 Å². The smallest absolute Gasteiger partial charge is 0.382 e. The summed E-state index contributed by atoms with van der Waals surface area (Å²) in [5.41, 5.74) is 2.00. The van der Waals surface area contributed by atoms with E-state index < -0.39 is 28.8 Å². The summed E-state index contributed by atoms with van der Waals surface area (Å²) in [5.74, 6) is 0. The molecule has 4 nitrogen and oxygen atoms in total. The molecule has 1 aliphatic rings. The highest BCUT2D eigenvalue weighted by Gasteiger charge is 2.38. The van der Waals surface area contributed by atoms with Gasteiger partial charge in [-0.2, -0.15) is 13.2 Å². The van der Waals surface area contributed by atoms with Gasteiger partial charge >= 0.3 is 6.18 Å². The summed E-state index contributed by atoms with van der Waals surface area (Å²) in [7, 11) is -4.06. The van der Waals surface area contributed by atoms with Gasteiger partial charge in [-0.25, -0.2) is 13.1 Å². The minimum atomic E-state index is -4.85. The van der Waals surface area contributed by atoms with E-state index in [4.69, 9.17) is 5.11 Å². The molecule has 0 saturated heterocycles. The molecule has 0 aliphatic heterocycles. The van der Waals surface area contributed by atoms with Crippen LogP contribution in [0.1, 0.15) is 24.0 Å². The third-order valence-corrected chi connectivity index (χ3v) is 4.90. The molecule has 118 valence electrons. The number of aliphatic hydroxyl groups is 1. The Morgan fingerprint density at radius 2 is 1.81 bits per heavy atom. The molecule has 21 heavy (non-hydrogen) atoms. The SMILES string of the molecule is O=S(=O)(NCC(O)C(F)(F)F)c1ccc2c(c1)CCCC2. The zero-order valence-electron chi connectivity index (χ0n) is 11.2. The first-order chi connectivity index (χ1) is 9.70. The van der Waals surface area contributed by atoms with Gasteiger partial charge in [0, 0.05) is 6.54 Å². The molecule has 0 saturated carbocycles. The van der Waals surface area contributed by atoms with Gasteiger partial charge in [-0.15, -0.1) is 0 Å². The Morgan fingerprint density at radius 1 is 1.19 bits per heavy atom. The zero-order chi connectivity index (χ0) is 15.7. The van der Waals surface area contributed by atoms with E-state index >= 15 is 0 Å². The lowest BCUT2D eigenvalue weighted by Crippen LogP contribution is -2.40. The molecule has 0 radical (unpaired) electrons. The molecule has 1 atom stereocenters. The van der Waals surface area contributed by atoms with Gasteiger partial charge in [0.2, 0.25) is 10.0 Å². The topological polar surface area (TPSA) is 66.4 Å². The minimum absolute atomic E-state index is 0.0717. The summed E-state index contributed by atoms with van der Waals surface area (Å²) >= 11 is 0. The molecule has 0 fully saturated rings. The molecule has 2 N–H and O–H groups in total. The van der Waals surface area contributed by atoms with E-state index in [1.165, 1.54) is 12.1 Å². The third-order valence-electron chi connectivity index (χ3n) is 3.47. The average molecular weight is 323 g/mol. The Kier molecular flexibility index (Phi) is 4.60. The number of sulfonamides is 1. The molecular weight excluding hydrogens is 307 g/mol. The highest BCUT2D eigenvalue weighted by molar-refractivity contribution is 7.89. The molecule has 2 rings (SSSR count). The van der Waals surface area contributed by atoms with Gasteiger partial charge in [-0.1, -0.05) is 6.07 Å². The van der Waals surface area contributed by atoms with Crippen molar-refractivity contribution in [1.82, 2.24) is 4.72 Å². The maximum absolute atomic E-state index is 12.2. The Bertz CT molecular complexity index is 614. The first-order valence-corrected chi connectivity index (χ1v) is 8.05. The lowest BCUT2D eigenvalue weighted by Gasteiger charge is -2.18. The summed E-state index contributed by atoms with van der Waals surface area (Å²) in [6, 6.07) is 4.58. The number of aryl methyl sites for hydroxylation is 2. The van der Waals surface area contributed by atoms with Crippen molar-refractivity contribution in [2.75, 3.05) is 6.54 Å². The van der Waals surface area contributed by atoms with Crippen molar-refractivity contribution in [3.05, 3.63) is 29.3 Å². The number of halogens is 3. The van der Waals surface area contributed by atoms with Crippen LogP contribution in [-0.4, -0.2) is 32.3 Å². The van der Waals surface area contributed by atoms with Gasteiger partial charge in [0.05, 0.1) is 4.90 Å². The maximum Gasteiger partial charge on any atom is 0.415 e. The van der Waals surface area contributed by atoms with Crippen molar-refractivity contribution in [3.8, 4) is 0 Å². The lowest BCUT2D eigenvalue weighted by molar-refractivity contribution is -0.200. The molecule has 0 bridgehead atoms. The van der Waals surface area contributed by atoms with E-state index in [0.29, 0.717) is 0 Å². The normalized spacial score (nSPS) is 17.3. The average Bonchev–Trinajstić information content (AvgIpc) is 2.43. The first-order valence-electron chi connectivity index (χ1n) is 6.56. The molecule has 1 aromatic rings. The number of aliphatic hydroxyl groups excluding tert-OH is 1. The van der Waals surface area contributed by atoms with Crippen LogP contribution in [0.4, 0.5) is 13.2 Å². The molecule has 0 heterocycles. The second-order valence-electron chi connectivity index (χ2n) is 5.05. The summed E-state index contributed by atoms with van der Waals surface area (Å²) in [6.07, 6.45) is -3.89. The third kappa shape index (κ3) is 3.96. The van der Waals surface area contributed by atoms with Gasteiger partial charge < -0.3 is 5.11 Å². The number of hydrogen-bond acceptors (Lipinski definition) is 3. The Morgan fingerprint density at radius 3 is 2.43 bits per heavy atom. The van der Waals surface area contributed by atoms with Crippen LogP contribution in [0.5, 0.6) is 0 Å². The minimum Gasteiger partial charge on any atom is -0.382 e. The van der Waals surface area contributed by atoms with Crippen molar-refractivity contribution >= 4 is 10.0 Å². The number of fused-ring (bicyclic) bond motifs is 1. The van der Waals surface area contributed by atoms with Crippen molar-refractivity contribution in [3.63, 3.8) is 0 Å². The lowest BCUT2D eigenvalue weighted by atomic mass is 9.92. The maximum atomic E-state index is 12.2. The van der Waals surface area contributed by atoms with Crippen LogP contribution in [0.15, 0.2) is 23.1 Å². The fourth-order valence-corrected chi connectivity index (χ4v) is 3.35. The van der Waals surface area contributed by atoms with Crippen molar-refractivity contribution in [1.29, 1.82) is 0 Å².